The van der Waals surface area contributed by atoms with Gasteiger partial charge in [0.1, 0.15) is 11.5 Å². The van der Waals surface area contributed by atoms with Crippen LogP contribution in [0.5, 0.6) is 0 Å². The number of halogens is 1. The molecule has 1 N–H and O–H groups in total. The third-order valence-corrected chi connectivity index (χ3v) is 5.84. The fraction of sp³-hybridized carbons (Fsp3) is 0.0870. The lowest BCUT2D eigenvalue weighted by Crippen LogP contribution is -2.22. The smallest absolute Gasteiger partial charge is 0.264 e. The molecule has 3 aromatic rings. The first-order valence-electron chi connectivity index (χ1n) is 9.42. The van der Waals surface area contributed by atoms with Crippen LogP contribution in [0.1, 0.15) is 28.6 Å². The molecule has 0 aliphatic carbocycles. The Morgan fingerprint density at radius 2 is 1.97 bits per heavy atom. The molecule has 1 aliphatic heterocycles. The number of nitrogens with one attached hydrogen (secondary N) is 1. The van der Waals surface area contributed by atoms with Crippen LogP contribution in [0.4, 0.5) is 5.69 Å². The molecule has 0 unspecified atom stereocenters. The van der Waals surface area contributed by atoms with E-state index in [1.807, 2.05) is 24.3 Å². The van der Waals surface area contributed by atoms with Crippen molar-refractivity contribution in [1.29, 1.82) is 0 Å². The number of aromatic carboxylic acids is 1. The number of nitrogens with zero attached hydrogens (tertiary/aromatic N) is 1. The Hall–Kier alpha value is -3.29. The van der Waals surface area contributed by atoms with Gasteiger partial charge in [0.2, 0.25) is 0 Å². The summed E-state index contributed by atoms with van der Waals surface area (Å²) in [6, 6.07) is 15.7. The van der Waals surface area contributed by atoms with Gasteiger partial charge < -0.3 is 19.6 Å². The number of aryl methyl sites for hydroxylation is 1. The van der Waals surface area contributed by atoms with Gasteiger partial charge in [-0.3, -0.25) is 4.79 Å². The summed E-state index contributed by atoms with van der Waals surface area (Å²) in [6.45, 7) is 2.08. The number of carboxylic acids is 1. The summed E-state index contributed by atoms with van der Waals surface area (Å²) < 4.78 is 5.77. The lowest BCUT2D eigenvalue weighted by molar-refractivity contribution is -0.255. The van der Waals surface area contributed by atoms with Crippen molar-refractivity contribution in [3.8, 4) is 11.3 Å². The topological polar surface area (TPSA) is 94.7 Å². The summed E-state index contributed by atoms with van der Waals surface area (Å²) in [4.78, 5) is 28.4. The molecule has 1 aliphatic rings. The largest absolute Gasteiger partial charge is 0.545 e. The monoisotopic (exact) mass is 451 g/mol. The van der Waals surface area contributed by atoms with Crippen LogP contribution in [0.3, 0.4) is 0 Å². The number of aliphatic imine (C=N–C) groups is 1. The first-order chi connectivity index (χ1) is 14.9. The number of carboxylic acid groups (broad SMARTS) is 1. The van der Waals surface area contributed by atoms with Gasteiger partial charge in [-0.05, 0) is 66.2 Å². The summed E-state index contributed by atoms with van der Waals surface area (Å²) in [5, 5.41) is 14.5. The Kier molecular flexibility index (Phi) is 5.97. The normalized spacial score (nSPS) is 16.1. The minimum atomic E-state index is -1.36. The van der Waals surface area contributed by atoms with Crippen LogP contribution in [0.15, 0.2) is 68.9 Å². The van der Waals surface area contributed by atoms with Crippen molar-refractivity contribution in [2.24, 2.45) is 4.99 Å². The van der Waals surface area contributed by atoms with E-state index < -0.39 is 5.97 Å². The molecule has 0 bridgehead atoms. The molecule has 2 aromatic carbocycles. The lowest BCUT2D eigenvalue weighted by Gasteiger charge is -2.06. The molecular formula is C23H16ClN2O4S-. The second-order valence-electron chi connectivity index (χ2n) is 6.69. The highest BCUT2D eigenvalue weighted by Crippen LogP contribution is 2.31. The van der Waals surface area contributed by atoms with Gasteiger partial charge in [-0.1, -0.05) is 30.7 Å². The standard InChI is InChI=1S/C23H17ClN2O4S/c1-2-13-3-6-15(7-4-13)25-23-26-21(27)20(31-23)12-16-8-10-19(30-16)14-5-9-18(24)17(11-14)22(28)29/h3-12H,2H2,1H3,(H,28,29)(H,25,26,27)/p-1/b20-12+. The van der Waals surface area contributed by atoms with E-state index in [1.165, 1.54) is 29.5 Å². The van der Waals surface area contributed by atoms with E-state index in [0.717, 1.165) is 12.1 Å². The van der Waals surface area contributed by atoms with Gasteiger partial charge in [-0.2, -0.15) is 0 Å². The molecule has 6 nitrogen and oxygen atoms in total. The number of carbonyl (C=O) groups is 2. The summed E-state index contributed by atoms with van der Waals surface area (Å²) in [7, 11) is 0. The van der Waals surface area contributed by atoms with E-state index in [2.05, 4.69) is 17.2 Å². The molecule has 0 spiro atoms. The average molecular weight is 452 g/mol. The van der Waals surface area contributed by atoms with Gasteiger partial charge in [-0.15, -0.1) is 0 Å². The molecule has 156 valence electrons. The number of amides is 1. The van der Waals surface area contributed by atoms with E-state index in [-0.39, 0.29) is 16.5 Å². The zero-order valence-corrected chi connectivity index (χ0v) is 17.9. The fourth-order valence-electron chi connectivity index (χ4n) is 2.95. The minimum Gasteiger partial charge on any atom is -0.545 e. The molecule has 2 heterocycles. The van der Waals surface area contributed by atoms with Crippen LogP contribution in [-0.4, -0.2) is 17.0 Å². The Labute approximate surface area is 187 Å². The highest BCUT2D eigenvalue weighted by molar-refractivity contribution is 8.18. The van der Waals surface area contributed by atoms with Crippen molar-refractivity contribution in [3.63, 3.8) is 0 Å². The molecule has 0 atom stereocenters. The molecule has 1 fully saturated rings. The Morgan fingerprint density at radius 3 is 2.68 bits per heavy atom. The molecule has 8 heteroatoms. The molecule has 1 amide bonds. The maximum atomic E-state index is 12.3. The van der Waals surface area contributed by atoms with Gasteiger partial charge in [0.15, 0.2) is 5.17 Å². The Morgan fingerprint density at radius 1 is 1.19 bits per heavy atom. The predicted octanol–water partition coefficient (Wildman–Crippen LogP) is 4.42. The number of thioether (sulfide) groups is 1. The first kappa shape index (κ1) is 21.0. The van der Waals surface area contributed by atoms with E-state index >= 15 is 0 Å². The summed E-state index contributed by atoms with van der Waals surface area (Å²) in [5.41, 5.74) is 2.39. The van der Waals surface area contributed by atoms with Crippen LogP contribution >= 0.6 is 23.4 Å². The minimum absolute atomic E-state index is 0.0906. The molecule has 0 saturated carbocycles. The van der Waals surface area contributed by atoms with Gasteiger partial charge >= 0.3 is 0 Å². The molecule has 0 radical (unpaired) electrons. The fourth-order valence-corrected chi connectivity index (χ4v) is 3.97. The van der Waals surface area contributed by atoms with Crippen LogP contribution in [0.2, 0.25) is 5.02 Å². The van der Waals surface area contributed by atoms with Crippen molar-refractivity contribution in [2.75, 3.05) is 0 Å². The quantitative estimate of drug-likeness (QED) is 0.579. The van der Waals surface area contributed by atoms with Gasteiger partial charge in [0.25, 0.3) is 5.91 Å². The maximum Gasteiger partial charge on any atom is 0.264 e. The van der Waals surface area contributed by atoms with E-state index in [4.69, 9.17) is 16.0 Å². The van der Waals surface area contributed by atoms with Crippen molar-refractivity contribution in [1.82, 2.24) is 5.32 Å². The zero-order valence-electron chi connectivity index (χ0n) is 16.3. The number of hydrogen-bond donors (Lipinski definition) is 1. The van der Waals surface area contributed by atoms with Crippen LogP contribution in [-0.2, 0) is 11.2 Å². The highest BCUT2D eigenvalue weighted by Gasteiger charge is 2.24. The van der Waals surface area contributed by atoms with Crippen molar-refractivity contribution >= 4 is 52.2 Å². The van der Waals surface area contributed by atoms with Gasteiger partial charge in [0.05, 0.1) is 16.6 Å². The SMILES string of the molecule is CCc1ccc(N=C2NC(=O)/C(=C\c3ccc(-c4ccc(Cl)c(C(=O)[O-])c4)o3)S2)cc1. The first-order valence-corrected chi connectivity index (χ1v) is 10.6. The van der Waals surface area contributed by atoms with Crippen LogP contribution in [0, 0.1) is 0 Å². The maximum absolute atomic E-state index is 12.3. The van der Waals surface area contributed by atoms with E-state index in [1.54, 1.807) is 24.3 Å². The van der Waals surface area contributed by atoms with Gasteiger partial charge in [-0.25, -0.2) is 4.99 Å². The average Bonchev–Trinajstić information content (AvgIpc) is 3.35. The Bertz CT molecular complexity index is 1230. The summed E-state index contributed by atoms with van der Waals surface area (Å²) in [5.74, 6) is -0.737. The lowest BCUT2D eigenvalue weighted by atomic mass is 10.1. The number of furan rings is 1. The van der Waals surface area contributed by atoms with Crippen molar-refractivity contribution < 1.29 is 19.1 Å². The van der Waals surface area contributed by atoms with Crippen molar-refractivity contribution in [2.45, 2.75) is 13.3 Å². The highest BCUT2D eigenvalue weighted by atomic mass is 35.5. The Balaban J connectivity index is 1.54. The summed E-state index contributed by atoms with van der Waals surface area (Å²) in [6.07, 6.45) is 2.56. The molecule has 1 aromatic heterocycles. The molecular weight excluding hydrogens is 436 g/mol. The van der Waals surface area contributed by atoms with Crippen LogP contribution < -0.4 is 10.4 Å². The predicted molar refractivity (Wildman–Crippen MR) is 120 cm³/mol. The third kappa shape index (κ3) is 4.73. The third-order valence-electron chi connectivity index (χ3n) is 4.60. The number of amidine groups is 1. The summed E-state index contributed by atoms with van der Waals surface area (Å²) >= 11 is 7.10. The second kappa shape index (κ2) is 8.83. The number of benzene rings is 2. The van der Waals surface area contributed by atoms with Crippen LogP contribution in [0.25, 0.3) is 17.4 Å². The molecule has 1 saturated heterocycles. The number of rotatable bonds is 5. The number of hydrogen-bond acceptors (Lipinski definition) is 6. The second-order valence-corrected chi connectivity index (χ2v) is 8.12. The molecule has 4 rings (SSSR count). The van der Waals surface area contributed by atoms with Crippen molar-refractivity contribution in [3.05, 3.63) is 81.4 Å². The van der Waals surface area contributed by atoms with Gasteiger partial charge in [0, 0.05) is 22.2 Å². The molecule has 31 heavy (non-hydrogen) atoms. The number of carbonyl (C=O) groups excluding carboxylic acids is 2. The van der Waals surface area contributed by atoms with E-state index in [0.29, 0.717) is 27.2 Å². The van der Waals surface area contributed by atoms with E-state index in [9.17, 15) is 14.7 Å². The zero-order chi connectivity index (χ0) is 22.0.